The highest BCUT2D eigenvalue weighted by atomic mass is 79.9. The Kier molecular flexibility index (Phi) is 4.71. The predicted octanol–water partition coefficient (Wildman–Crippen LogP) is 4.27. The molecule has 2 heterocycles. The molecule has 1 amide bonds. The molecule has 2 N–H and O–H groups in total. The van der Waals surface area contributed by atoms with Crippen LogP contribution in [0.25, 0.3) is 10.9 Å². The number of aromatic amines is 1. The number of hydrogen-bond donors (Lipinski definition) is 2. The van der Waals surface area contributed by atoms with Crippen molar-refractivity contribution < 1.29 is 14.7 Å². The highest BCUT2D eigenvalue weighted by molar-refractivity contribution is 9.10. The molecule has 4 rings (SSSR count). The van der Waals surface area contributed by atoms with Gasteiger partial charge in [-0.3, -0.25) is 4.79 Å². The maximum Gasteiger partial charge on any atom is 0.326 e. The van der Waals surface area contributed by atoms with Crippen LogP contribution < -0.4 is 0 Å². The van der Waals surface area contributed by atoms with E-state index < -0.39 is 23.5 Å². The number of benzene rings is 2. The third-order valence-corrected chi connectivity index (χ3v) is 6.48. The Labute approximate surface area is 175 Å². The fourth-order valence-electron chi connectivity index (χ4n) is 4.35. The highest BCUT2D eigenvalue weighted by Gasteiger charge is 2.51. The van der Waals surface area contributed by atoms with Crippen LogP contribution in [-0.4, -0.2) is 38.8 Å². The summed E-state index contributed by atoms with van der Waals surface area (Å²) < 4.78 is 0.792. The number of aromatic nitrogens is 1. The van der Waals surface area contributed by atoms with Gasteiger partial charge in [-0.2, -0.15) is 0 Å². The molecule has 28 heavy (non-hydrogen) atoms. The average molecular weight is 462 g/mol. The number of hydrogen-bond acceptors (Lipinski definition) is 2. The first-order chi connectivity index (χ1) is 13.4. The van der Waals surface area contributed by atoms with E-state index in [4.69, 9.17) is 11.6 Å². The number of para-hydroxylation sites is 1. The monoisotopic (exact) mass is 460 g/mol. The van der Waals surface area contributed by atoms with Crippen molar-refractivity contribution in [3.05, 3.63) is 69.8 Å². The number of carbonyl (C=O) groups is 2. The summed E-state index contributed by atoms with van der Waals surface area (Å²) in [7, 11) is 0. The molecule has 1 aliphatic rings. The van der Waals surface area contributed by atoms with E-state index in [1.807, 2.05) is 55.5 Å². The fourth-order valence-corrected chi connectivity index (χ4v) is 5.15. The Morgan fingerprint density at radius 2 is 1.93 bits per heavy atom. The summed E-state index contributed by atoms with van der Waals surface area (Å²) in [5, 5.41) is 10.9. The summed E-state index contributed by atoms with van der Waals surface area (Å²) in [5.74, 6) is -1.76. The highest BCUT2D eigenvalue weighted by Crippen LogP contribution is 2.47. The van der Waals surface area contributed by atoms with Gasteiger partial charge in [0, 0.05) is 27.5 Å². The lowest BCUT2D eigenvalue weighted by molar-refractivity contribution is -0.155. The van der Waals surface area contributed by atoms with E-state index in [2.05, 4.69) is 20.9 Å². The number of H-pyrrole nitrogens is 1. The number of amides is 1. The smallest absolute Gasteiger partial charge is 0.326 e. The van der Waals surface area contributed by atoms with Gasteiger partial charge >= 0.3 is 5.97 Å². The number of aliphatic carboxylic acids is 1. The van der Waals surface area contributed by atoms with Gasteiger partial charge in [0.15, 0.2) is 0 Å². The molecule has 0 saturated carbocycles. The fraction of sp³-hybridized carbons (Fsp3) is 0.238. The first-order valence-corrected chi connectivity index (χ1v) is 10.2. The van der Waals surface area contributed by atoms with Gasteiger partial charge in [-0.05, 0) is 30.2 Å². The van der Waals surface area contributed by atoms with Gasteiger partial charge in [-0.15, -0.1) is 11.6 Å². The van der Waals surface area contributed by atoms with Gasteiger partial charge in [0.25, 0.3) is 0 Å². The number of rotatable bonds is 3. The van der Waals surface area contributed by atoms with Crippen LogP contribution in [0.3, 0.4) is 0 Å². The van der Waals surface area contributed by atoms with Crippen LogP contribution in [0.1, 0.15) is 23.7 Å². The number of nitrogens with zero attached hydrogens (tertiary/aromatic N) is 1. The molecule has 5 nitrogen and oxygen atoms in total. The van der Waals surface area contributed by atoms with Crippen LogP contribution in [0.15, 0.2) is 53.0 Å². The van der Waals surface area contributed by atoms with Crippen molar-refractivity contribution in [3.8, 4) is 0 Å². The van der Waals surface area contributed by atoms with Crippen molar-refractivity contribution in [1.29, 1.82) is 0 Å². The molecule has 0 spiro atoms. The Morgan fingerprint density at radius 3 is 2.61 bits per heavy atom. The predicted molar refractivity (Wildman–Crippen MR) is 112 cm³/mol. The molecule has 0 bridgehead atoms. The van der Waals surface area contributed by atoms with E-state index in [0.717, 1.165) is 32.2 Å². The van der Waals surface area contributed by atoms with Crippen molar-refractivity contribution in [2.45, 2.75) is 24.9 Å². The first-order valence-electron chi connectivity index (χ1n) is 8.85. The summed E-state index contributed by atoms with van der Waals surface area (Å²) in [5.41, 5.74) is 2.42. The van der Waals surface area contributed by atoms with Gasteiger partial charge < -0.3 is 15.0 Å². The Hall–Kier alpha value is -2.31. The molecule has 1 aliphatic heterocycles. The Balaban J connectivity index is 2.10. The standard InChI is InChI=1S/C21H18BrClN2O3/c1-21(14-7-3-4-8-15(14)22)19-13(12-6-2-5-9-16(12)24-19)10-17(20(27)28)25(21)18(26)11-23/h2-9,17,24H,10-11H2,1H3,(H,27,28). The number of nitrogens with one attached hydrogen (secondary N) is 1. The van der Waals surface area contributed by atoms with E-state index in [1.54, 1.807) is 0 Å². The summed E-state index contributed by atoms with van der Waals surface area (Å²) in [6, 6.07) is 14.3. The summed E-state index contributed by atoms with van der Waals surface area (Å²) in [6.45, 7) is 1.88. The second kappa shape index (κ2) is 6.94. The minimum absolute atomic E-state index is 0.220. The molecule has 1 aromatic heterocycles. The average Bonchev–Trinajstić information content (AvgIpc) is 3.07. The lowest BCUT2D eigenvalue weighted by atomic mass is 9.78. The van der Waals surface area contributed by atoms with E-state index >= 15 is 0 Å². The number of carbonyl (C=O) groups excluding carboxylic acids is 1. The van der Waals surface area contributed by atoms with E-state index in [-0.39, 0.29) is 12.3 Å². The van der Waals surface area contributed by atoms with Gasteiger partial charge in [0.1, 0.15) is 17.5 Å². The minimum atomic E-state index is -1.05. The van der Waals surface area contributed by atoms with Crippen molar-refractivity contribution >= 4 is 50.3 Å². The number of carboxylic acids is 1. The second-order valence-corrected chi connectivity index (χ2v) is 8.15. The van der Waals surface area contributed by atoms with Crippen LogP contribution >= 0.6 is 27.5 Å². The molecule has 2 atom stereocenters. The number of alkyl halides is 1. The van der Waals surface area contributed by atoms with Gasteiger partial charge in [0.05, 0.1) is 0 Å². The molecular formula is C21H18BrClN2O3. The first kappa shape index (κ1) is 19.0. The van der Waals surface area contributed by atoms with E-state index in [9.17, 15) is 14.7 Å². The molecule has 0 fully saturated rings. The van der Waals surface area contributed by atoms with Crippen LogP contribution in [0, 0.1) is 0 Å². The van der Waals surface area contributed by atoms with Crippen molar-refractivity contribution in [3.63, 3.8) is 0 Å². The van der Waals surface area contributed by atoms with Crippen molar-refractivity contribution in [2.75, 3.05) is 5.88 Å². The van der Waals surface area contributed by atoms with Crippen LogP contribution in [0.4, 0.5) is 0 Å². The van der Waals surface area contributed by atoms with Crippen LogP contribution in [-0.2, 0) is 21.5 Å². The molecule has 2 aromatic carbocycles. The quantitative estimate of drug-likeness (QED) is 0.572. The van der Waals surface area contributed by atoms with Gasteiger partial charge in [-0.25, -0.2) is 4.79 Å². The van der Waals surface area contributed by atoms with Crippen LogP contribution in [0.2, 0.25) is 0 Å². The van der Waals surface area contributed by atoms with E-state index in [1.165, 1.54) is 4.90 Å². The topological polar surface area (TPSA) is 73.4 Å². The van der Waals surface area contributed by atoms with Crippen LogP contribution in [0.5, 0.6) is 0 Å². The van der Waals surface area contributed by atoms with E-state index in [0.29, 0.717) is 0 Å². The van der Waals surface area contributed by atoms with Crippen molar-refractivity contribution in [1.82, 2.24) is 9.88 Å². The maximum absolute atomic E-state index is 12.9. The Bertz CT molecular complexity index is 1100. The lowest BCUT2D eigenvalue weighted by Crippen LogP contribution is -2.60. The molecule has 3 aromatic rings. The number of halogens is 2. The molecule has 0 saturated heterocycles. The zero-order chi connectivity index (χ0) is 20.1. The normalized spacial score (nSPS) is 21.5. The largest absolute Gasteiger partial charge is 0.480 e. The third kappa shape index (κ3) is 2.66. The summed E-state index contributed by atoms with van der Waals surface area (Å²) in [4.78, 5) is 30.0. The Morgan fingerprint density at radius 1 is 1.25 bits per heavy atom. The maximum atomic E-state index is 12.9. The SMILES string of the molecule is CC1(c2ccccc2Br)c2[nH]c3ccccc3c2CC(C(=O)O)N1C(=O)CCl. The second-order valence-electron chi connectivity index (χ2n) is 7.03. The third-order valence-electron chi connectivity index (χ3n) is 5.56. The zero-order valence-electron chi connectivity index (χ0n) is 15.1. The number of fused-ring (bicyclic) bond motifs is 3. The van der Waals surface area contributed by atoms with Crippen molar-refractivity contribution in [2.24, 2.45) is 0 Å². The lowest BCUT2D eigenvalue weighted by Gasteiger charge is -2.48. The molecule has 144 valence electrons. The molecule has 7 heteroatoms. The summed E-state index contributed by atoms with van der Waals surface area (Å²) in [6.07, 6.45) is 0.220. The minimum Gasteiger partial charge on any atom is -0.480 e. The van der Waals surface area contributed by atoms with Gasteiger partial charge in [-0.1, -0.05) is 52.3 Å². The molecule has 0 radical (unpaired) electrons. The summed E-state index contributed by atoms with van der Waals surface area (Å²) >= 11 is 9.50. The van der Waals surface area contributed by atoms with Gasteiger partial charge in [0.2, 0.25) is 5.91 Å². The molecular weight excluding hydrogens is 444 g/mol. The molecule has 2 unspecified atom stereocenters. The zero-order valence-corrected chi connectivity index (χ0v) is 17.4. The molecule has 0 aliphatic carbocycles. The number of carboxylic acid groups (broad SMARTS) is 1.